The molecular formula is C14H13BrN4O. The molecule has 0 bridgehead atoms. The Hall–Kier alpha value is -1.95. The van der Waals surface area contributed by atoms with Gasteiger partial charge in [0.05, 0.1) is 6.21 Å². The summed E-state index contributed by atoms with van der Waals surface area (Å²) in [5, 5.41) is 10.8. The van der Waals surface area contributed by atoms with E-state index in [1.165, 1.54) is 12.8 Å². The Morgan fingerprint density at radius 3 is 3.05 bits per heavy atom. The summed E-state index contributed by atoms with van der Waals surface area (Å²) in [6.07, 6.45) is 3.94. The fraction of sp³-hybridized carbons (Fsp3) is 0.214. The molecule has 3 rings (SSSR count). The Morgan fingerprint density at radius 1 is 1.45 bits per heavy atom. The van der Waals surface area contributed by atoms with Crippen molar-refractivity contribution >= 4 is 28.1 Å². The summed E-state index contributed by atoms with van der Waals surface area (Å²) in [7, 11) is 0. The molecule has 1 fully saturated rings. The first-order valence-corrected chi connectivity index (χ1v) is 7.16. The fourth-order valence-electron chi connectivity index (χ4n) is 1.87. The topological polar surface area (TPSA) is 70.1 Å². The standard InChI is InChI=1S/C14H13BrN4O/c15-11-3-1-2-9(6-11)8-16-19-14(20)13-7-12(17-18-13)10-4-5-10/h1-3,6-8,10H,4-5H2,(H,17,18)(H,19,20). The van der Waals surface area contributed by atoms with Crippen LogP contribution in [-0.2, 0) is 0 Å². The normalized spacial score (nSPS) is 14.7. The summed E-state index contributed by atoms with van der Waals surface area (Å²) in [6, 6.07) is 9.44. The molecule has 1 amide bonds. The van der Waals surface area contributed by atoms with Gasteiger partial charge >= 0.3 is 0 Å². The molecule has 2 aromatic rings. The number of nitrogens with zero attached hydrogens (tertiary/aromatic N) is 2. The molecule has 1 saturated carbocycles. The van der Waals surface area contributed by atoms with Crippen LogP contribution in [0.4, 0.5) is 0 Å². The van der Waals surface area contributed by atoms with E-state index in [1.807, 2.05) is 24.3 Å². The molecule has 5 nitrogen and oxygen atoms in total. The molecule has 0 radical (unpaired) electrons. The second-order valence-electron chi connectivity index (χ2n) is 4.74. The Kier molecular flexibility index (Phi) is 3.64. The number of rotatable bonds is 4. The Bertz CT molecular complexity index is 661. The number of amides is 1. The SMILES string of the molecule is O=C(NN=Cc1cccc(Br)c1)c1cc(C2CC2)[nH]n1. The van der Waals surface area contributed by atoms with Crippen molar-refractivity contribution in [2.75, 3.05) is 0 Å². The lowest BCUT2D eigenvalue weighted by atomic mass is 10.2. The van der Waals surface area contributed by atoms with Gasteiger partial charge in [0.2, 0.25) is 0 Å². The Labute approximate surface area is 124 Å². The summed E-state index contributed by atoms with van der Waals surface area (Å²) in [5.41, 5.74) is 4.78. The molecule has 0 spiro atoms. The maximum atomic E-state index is 11.8. The predicted molar refractivity (Wildman–Crippen MR) is 79.8 cm³/mol. The number of hydrogen-bond donors (Lipinski definition) is 2. The highest BCUT2D eigenvalue weighted by Crippen LogP contribution is 2.38. The van der Waals surface area contributed by atoms with Gasteiger partial charge in [0.25, 0.3) is 5.91 Å². The van der Waals surface area contributed by atoms with Crippen molar-refractivity contribution in [3.05, 3.63) is 51.8 Å². The number of aromatic amines is 1. The zero-order valence-electron chi connectivity index (χ0n) is 10.6. The highest BCUT2D eigenvalue weighted by atomic mass is 79.9. The van der Waals surface area contributed by atoms with Crippen molar-refractivity contribution in [1.82, 2.24) is 15.6 Å². The van der Waals surface area contributed by atoms with Crippen LogP contribution in [0.5, 0.6) is 0 Å². The van der Waals surface area contributed by atoms with E-state index >= 15 is 0 Å². The van der Waals surface area contributed by atoms with Gasteiger partial charge in [-0.3, -0.25) is 9.89 Å². The third-order valence-corrected chi connectivity index (χ3v) is 3.57. The summed E-state index contributed by atoms with van der Waals surface area (Å²) in [5.74, 6) is 0.244. The van der Waals surface area contributed by atoms with E-state index in [0.29, 0.717) is 11.6 Å². The van der Waals surface area contributed by atoms with Crippen molar-refractivity contribution in [3.8, 4) is 0 Å². The van der Waals surface area contributed by atoms with Crippen LogP contribution in [0.3, 0.4) is 0 Å². The fourth-order valence-corrected chi connectivity index (χ4v) is 2.28. The van der Waals surface area contributed by atoms with Gasteiger partial charge in [-0.1, -0.05) is 28.1 Å². The van der Waals surface area contributed by atoms with Crippen LogP contribution in [0.1, 0.15) is 40.5 Å². The average molecular weight is 333 g/mol. The number of aromatic nitrogens is 2. The van der Waals surface area contributed by atoms with Crippen LogP contribution >= 0.6 is 15.9 Å². The molecule has 1 aromatic carbocycles. The summed E-state index contributed by atoms with van der Waals surface area (Å²) >= 11 is 3.38. The van der Waals surface area contributed by atoms with Gasteiger partial charge in [0, 0.05) is 16.1 Å². The lowest BCUT2D eigenvalue weighted by molar-refractivity contribution is 0.0950. The number of hydrazone groups is 1. The van der Waals surface area contributed by atoms with E-state index in [9.17, 15) is 4.79 Å². The Balaban J connectivity index is 1.60. The van der Waals surface area contributed by atoms with Crippen molar-refractivity contribution in [2.24, 2.45) is 5.10 Å². The Morgan fingerprint density at radius 2 is 2.30 bits per heavy atom. The van der Waals surface area contributed by atoms with E-state index in [4.69, 9.17) is 0 Å². The first-order valence-electron chi connectivity index (χ1n) is 6.36. The third-order valence-electron chi connectivity index (χ3n) is 3.08. The van der Waals surface area contributed by atoms with Gasteiger partial charge in [-0.25, -0.2) is 5.43 Å². The molecule has 1 heterocycles. The quantitative estimate of drug-likeness (QED) is 0.667. The average Bonchev–Trinajstić information content (AvgIpc) is 3.16. The number of nitrogens with one attached hydrogen (secondary N) is 2. The second kappa shape index (κ2) is 5.58. The van der Waals surface area contributed by atoms with Crippen molar-refractivity contribution in [1.29, 1.82) is 0 Å². The molecule has 6 heteroatoms. The van der Waals surface area contributed by atoms with Gasteiger partial charge in [-0.05, 0) is 36.6 Å². The van der Waals surface area contributed by atoms with E-state index in [-0.39, 0.29) is 5.91 Å². The summed E-state index contributed by atoms with van der Waals surface area (Å²) in [4.78, 5) is 11.8. The first-order chi connectivity index (χ1) is 9.72. The van der Waals surface area contributed by atoms with Gasteiger partial charge in [0.15, 0.2) is 5.69 Å². The monoisotopic (exact) mass is 332 g/mol. The number of benzene rings is 1. The molecule has 1 aliphatic carbocycles. The highest BCUT2D eigenvalue weighted by Gasteiger charge is 2.26. The number of carbonyl (C=O) groups is 1. The lowest BCUT2D eigenvalue weighted by Crippen LogP contribution is -2.18. The van der Waals surface area contributed by atoms with Crippen molar-refractivity contribution in [3.63, 3.8) is 0 Å². The summed E-state index contributed by atoms with van der Waals surface area (Å²) < 4.78 is 0.967. The largest absolute Gasteiger partial charge is 0.291 e. The van der Waals surface area contributed by atoms with Gasteiger partial charge in [0.1, 0.15) is 0 Å². The minimum absolute atomic E-state index is 0.306. The molecule has 0 atom stereocenters. The number of carbonyl (C=O) groups excluding carboxylic acids is 1. The van der Waals surface area contributed by atoms with Crippen LogP contribution in [0, 0.1) is 0 Å². The number of H-pyrrole nitrogens is 1. The molecule has 2 N–H and O–H groups in total. The zero-order chi connectivity index (χ0) is 13.9. The van der Waals surface area contributed by atoms with Crippen LogP contribution in [0.25, 0.3) is 0 Å². The van der Waals surface area contributed by atoms with Gasteiger partial charge < -0.3 is 0 Å². The number of halogens is 1. The smallest absolute Gasteiger partial charge is 0.281 e. The van der Waals surface area contributed by atoms with Crippen molar-refractivity contribution in [2.45, 2.75) is 18.8 Å². The predicted octanol–water partition coefficient (Wildman–Crippen LogP) is 2.81. The van der Waals surface area contributed by atoms with Gasteiger partial charge in [-0.15, -0.1) is 0 Å². The molecule has 1 aliphatic rings. The van der Waals surface area contributed by atoms with E-state index in [0.717, 1.165) is 15.7 Å². The minimum atomic E-state index is -0.306. The lowest BCUT2D eigenvalue weighted by Gasteiger charge is -1.96. The van der Waals surface area contributed by atoms with Crippen LogP contribution < -0.4 is 5.43 Å². The molecule has 0 saturated heterocycles. The van der Waals surface area contributed by atoms with Crippen LogP contribution in [0.15, 0.2) is 39.9 Å². The first kappa shape index (κ1) is 13.1. The molecule has 0 aliphatic heterocycles. The molecule has 1 aromatic heterocycles. The maximum absolute atomic E-state index is 11.8. The highest BCUT2D eigenvalue weighted by molar-refractivity contribution is 9.10. The summed E-state index contributed by atoms with van der Waals surface area (Å²) in [6.45, 7) is 0. The minimum Gasteiger partial charge on any atom is -0.281 e. The van der Waals surface area contributed by atoms with Gasteiger partial charge in [-0.2, -0.15) is 10.2 Å². The van der Waals surface area contributed by atoms with E-state index in [2.05, 4.69) is 36.7 Å². The van der Waals surface area contributed by atoms with E-state index < -0.39 is 0 Å². The van der Waals surface area contributed by atoms with Crippen molar-refractivity contribution < 1.29 is 4.79 Å². The molecular weight excluding hydrogens is 320 g/mol. The van der Waals surface area contributed by atoms with Crippen LogP contribution in [-0.4, -0.2) is 22.3 Å². The van der Waals surface area contributed by atoms with E-state index in [1.54, 1.807) is 12.3 Å². The zero-order valence-corrected chi connectivity index (χ0v) is 12.2. The third kappa shape index (κ3) is 3.14. The molecule has 0 unspecified atom stereocenters. The molecule has 20 heavy (non-hydrogen) atoms. The number of hydrogen-bond acceptors (Lipinski definition) is 3. The van der Waals surface area contributed by atoms with Crippen LogP contribution in [0.2, 0.25) is 0 Å². The molecule has 102 valence electrons. The maximum Gasteiger partial charge on any atom is 0.291 e. The second-order valence-corrected chi connectivity index (χ2v) is 5.65.